The molecule has 0 aliphatic carbocycles. The van der Waals surface area contributed by atoms with Crippen LogP contribution in [0, 0.1) is 0 Å². The molecule has 2 amide bonds. The summed E-state index contributed by atoms with van der Waals surface area (Å²) in [5.74, 6) is 2.37. The van der Waals surface area contributed by atoms with Crippen molar-refractivity contribution >= 4 is 82.4 Å². The molecule has 0 bridgehead atoms. The molecule has 0 atom stereocenters. The molecule has 0 aromatic carbocycles. The maximum atomic E-state index is 12.3. The molecule has 0 unspecified atom stereocenters. The third-order valence-corrected chi connectivity index (χ3v) is 17.4. The minimum Gasteiger partial charge on any atom is -0.356 e. The summed E-state index contributed by atoms with van der Waals surface area (Å²) in [4.78, 5) is 27.2. The second-order valence-electron chi connectivity index (χ2n) is 13.3. The number of amides is 2. The molecule has 2 aliphatic heterocycles. The quantitative estimate of drug-likeness (QED) is 0.0746. The third kappa shape index (κ3) is 18.7. The number of carbonyl (C=O) groups is 2. The van der Waals surface area contributed by atoms with Gasteiger partial charge in [-0.2, -0.15) is 0 Å². The molecule has 0 spiro atoms. The number of unbranched alkanes of at least 4 members (excludes halogenated alkanes) is 15. The van der Waals surface area contributed by atoms with Gasteiger partial charge < -0.3 is 15.2 Å². The highest BCUT2D eigenvalue weighted by Gasteiger charge is 2.30. The zero-order valence-corrected chi connectivity index (χ0v) is 36.2. The maximum Gasteiger partial charge on any atom is 0.220 e. The van der Waals surface area contributed by atoms with Crippen molar-refractivity contribution in [2.24, 2.45) is 0 Å². The molecule has 5 nitrogen and oxygen atoms in total. The fraction of sp³-hybridized carbons (Fsp3) is 0.744. The number of aryl methyl sites for hydroxylation is 1. The number of hydrogen-bond acceptors (Lipinski definition) is 8. The predicted molar refractivity (Wildman–Crippen MR) is 230 cm³/mol. The smallest absolute Gasteiger partial charge is 0.220 e. The van der Waals surface area contributed by atoms with Gasteiger partial charge in [0.1, 0.15) is 0 Å². The Morgan fingerprint density at radius 2 is 0.940 bits per heavy atom. The first-order chi connectivity index (χ1) is 24.5. The van der Waals surface area contributed by atoms with Gasteiger partial charge in [0.05, 0.1) is 16.9 Å². The number of fused-ring (bicyclic) bond motifs is 1. The molecular formula is C39H65N3O2S6. The molecule has 0 saturated carbocycles. The number of rotatable bonds is 30. The number of carbonyl (C=O) groups excluding carboxylic acids is 2. The van der Waals surface area contributed by atoms with Gasteiger partial charge in [-0.05, 0) is 37.2 Å². The van der Waals surface area contributed by atoms with E-state index in [4.69, 9.17) is 0 Å². The van der Waals surface area contributed by atoms with Gasteiger partial charge in [0.25, 0.3) is 0 Å². The van der Waals surface area contributed by atoms with Crippen LogP contribution in [0.5, 0.6) is 0 Å². The zero-order valence-electron chi connectivity index (χ0n) is 31.3. The number of nitrogens with one attached hydrogen (secondary N) is 2. The molecule has 2 aliphatic rings. The van der Waals surface area contributed by atoms with Crippen LogP contribution in [0.4, 0.5) is 0 Å². The molecule has 1 aromatic rings. The molecule has 284 valence electrons. The van der Waals surface area contributed by atoms with Gasteiger partial charge in [-0.15, -0.1) is 23.5 Å². The van der Waals surface area contributed by atoms with Crippen molar-refractivity contribution in [3.05, 3.63) is 29.3 Å². The van der Waals surface area contributed by atoms with Gasteiger partial charge in [-0.3, -0.25) is 9.59 Å². The Kier molecular flexibility index (Phi) is 25.0. The summed E-state index contributed by atoms with van der Waals surface area (Å²) in [7, 11) is 0. The molecule has 11 heteroatoms. The normalized spacial score (nSPS) is 14.2. The first-order valence-electron chi connectivity index (χ1n) is 19.7. The second-order valence-corrected chi connectivity index (χ2v) is 20.7. The van der Waals surface area contributed by atoms with E-state index in [1.807, 2.05) is 70.6 Å². The van der Waals surface area contributed by atoms with E-state index in [2.05, 4.69) is 48.4 Å². The Hall–Kier alpha value is -0.200. The summed E-state index contributed by atoms with van der Waals surface area (Å²) >= 11 is 11.9. The van der Waals surface area contributed by atoms with E-state index in [1.54, 1.807) is 0 Å². The van der Waals surface area contributed by atoms with Gasteiger partial charge in [-0.25, -0.2) is 0 Å². The summed E-state index contributed by atoms with van der Waals surface area (Å²) in [6.07, 6.45) is 29.6. The van der Waals surface area contributed by atoms with Gasteiger partial charge in [-0.1, -0.05) is 164 Å². The van der Waals surface area contributed by atoms with Crippen molar-refractivity contribution in [2.45, 2.75) is 172 Å². The van der Waals surface area contributed by atoms with Crippen LogP contribution >= 0.6 is 70.6 Å². The van der Waals surface area contributed by atoms with Crippen molar-refractivity contribution in [1.29, 1.82) is 0 Å². The van der Waals surface area contributed by atoms with Gasteiger partial charge >= 0.3 is 0 Å². The van der Waals surface area contributed by atoms with Crippen LogP contribution in [0.1, 0.15) is 156 Å². The van der Waals surface area contributed by atoms with Crippen LogP contribution in [0.15, 0.2) is 39.1 Å². The average Bonchev–Trinajstić information content (AvgIpc) is 3.81. The molecule has 2 N–H and O–H groups in total. The average molecular weight is 800 g/mol. The van der Waals surface area contributed by atoms with Crippen molar-refractivity contribution in [1.82, 2.24) is 15.2 Å². The molecule has 50 heavy (non-hydrogen) atoms. The predicted octanol–water partition coefficient (Wildman–Crippen LogP) is 13.4. The van der Waals surface area contributed by atoms with Crippen LogP contribution < -0.4 is 10.6 Å². The van der Waals surface area contributed by atoms with Gasteiger partial charge in [0.2, 0.25) is 11.8 Å². The molecule has 0 fully saturated rings. The number of thioether (sulfide) groups is 6. The van der Waals surface area contributed by atoms with E-state index >= 15 is 0 Å². The van der Waals surface area contributed by atoms with Crippen LogP contribution in [0.3, 0.4) is 0 Å². The SMILES string of the molecule is CCCCCCCCCCCCCCCCNC(=O)CCC(=O)NCCCn1cc2c(c1)SC(=C1SC(SCCCC)=C(SCCCC)S1)S2. The minimum atomic E-state index is -0.0337. The van der Waals surface area contributed by atoms with Crippen molar-refractivity contribution < 1.29 is 9.59 Å². The fourth-order valence-electron chi connectivity index (χ4n) is 5.64. The largest absolute Gasteiger partial charge is 0.356 e. The number of aromatic nitrogens is 1. The molecule has 0 radical (unpaired) electrons. The highest BCUT2D eigenvalue weighted by molar-refractivity contribution is 8.42. The van der Waals surface area contributed by atoms with E-state index in [0.717, 1.165) is 25.9 Å². The minimum absolute atomic E-state index is 0.0100. The van der Waals surface area contributed by atoms with E-state index in [1.165, 1.54) is 147 Å². The summed E-state index contributed by atoms with van der Waals surface area (Å²) in [6, 6.07) is 0. The lowest BCUT2D eigenvalue weighted by atomic mass is 10.0. The first-order valence-corrected chi connectivity index (χ1v) is 25.0. The molecule has 0 saturated heterocycles. The molecule has 1 aromatic heterocycles. The Labute approximate surface area is 330 Å². The Balaban J connectivity index is 1.18. The van der Waals surface area contributed by atoms with E-state index in [0.29, 0.717) is 6.54 Å². The summed E-state index contributed by atoms with van der Waals surface area (Å²) < 4.78 is 8.16. The van der Waals surface area contributed by atoms with Crippen LogP contribution in [-0.4, -0.2) is 41.0 Å². The zero-order chi connectivity index (χ0) is 35.7. The third-order valence-electron chi connectivity index (χ3n) is 8.73. The Morgan fingerprint density at radius 3 is 1.40 bits per heavy atom. The van der Waals surface area contributed by atoms with Crippen molar-refractivity contribution in [3.8, 4) is 0 Å². The standard InChI is InChI=1S/C39H65N3O2S6/c1-4-7-10-11-12-13-14-15-16-17-18-19-20-21-25-40-34(43)23-24-35(44)41-26-22-27-42-30-32-33(31-42)48-38(47-32)39-49-36(45-28-8-5-2)37(50-39)46-29-9-6-3/h30-31H,4-29H2,1-3H3,(H,40,43)(H,41,44). The van der Waals surface area contributed by atoms with E-state index in [-0.39, 0.29) is 24.7 Å². The van der Waals surface area contributed by atoms with Gasteiger partial charge in [0, 0.05) is 54.7 Å². The second kappa shape index (κ2) is 28.3. The van der Waals surface area contributed by atoms with Gasteiger partial charge in [0.15, 0.2) is 0 Å². The lowest BCUT2D eigenvalue weighted by Gasteiger charge is -2.08. The highest BCUT2D eigenvalue weighted by Crippen LogP contribution is 2.64. The van der Waals surface area contributed by atoms with Crippen molar-refractivity contribution in [2.75, 3.05) is 24.6 Å². The van der Waals surface area contributed by atoms with Crippen LogP contribution in [0.2, 0.25) is 0 Å². The lowest BCUT2D eigenvalue weighted by molar-refractivity contribution is -0.126. The molecule has 3 rings (SSSR count). The lowest BCUT2D eigenvalue weighted by Crippen LogP contribution is -2.29. The first kappa shape index (κ1) is 44.2. The summed E-state index contributed by atoms with van der Waals surface area (Å²) in [6.45, 7) is 9.05. The molecule has 3 heterocycles. The van der Waals surface area contributed by atoms with Crippen LogP contribution in [0.25, 0.3) is 0 Å². The number of hydrogen-bond donors (Lipinski definition) is 2. The van der Waals surface area contributed by atoms with Crippen molar-refractivity contribution in [3.63, 3.8) is 0 Å². The maximum absolute atomic E-state index is 12.3. The highest BCUT2D eigenvalue weighted by atomic mass is 32.3. The molecular weight excluding hydrogens is 735 g/mol. The fourth-order valence-corrected chi connectivity index (χ4v) is 14.7. The van der Waals surface area contributed by atoms with E-state index < -0.39 is 0 Å². The Morgan fingerprint density at radius 1 is 0.540 bits per heavy atom. The van der Waals surface area contributed by atoms with Crippen LogP contribution in [-0.2, 0) is 16.1 Å². The topological polar surface area (TPSA) is 63.1 Å². The summed E-state index contributed by atoms with van der Waals surface area (Å²) in [5, 5.41) is 6.00. The Bertz CT molecular complexity index is 1140. The monoisotopic (exact) mass is 799 g/mol. The van der Waals surface area contributed by atoms with E-state index in [9.17, 15) is 9.59 Å². The number of nitrogens with zero attached hydrogens (tertiary/aromatic N) is 1. The summed E-state index contributed by atoms with van der Waals surface area (Å²) in [5.41, 5.74) is 0.